The number of nitrogens with zero attached hydrogens (tertiary/aromatic N) is 3. The van der Waals surface area contributed by atoms with Gasteiger partial charge in [-0.15, -0.1) is 10.2 Å². The Labute approximate surface area is 183 Å². The maximum atomic E-state index is 14.6. The minimum atomic E-state index is -0.410. The Balaban J connectivity index is 1.59. The number of aromatic nitrogens is 3. The number of pyridine rings is 1. The Hall–Kier alpha value is -3.25. The van der Waals surface area contributed by atoms with Crippen LogP contribution in [0.1, 0.15) is 34.3 Å². The second-order valence-electron chi connectivity index (χ2n) is 7.98. The molecule has 1 aliphatic carbocycles. The Morgan fingerprint density at radius 3 is 2.71 bits per heavy atom. The average molecular weight is 435 g/mol. The van der Waals surface area contributed by atoms with Crippen LogP contribution in [0.3, 0.4) is 0 Å². The predicted molar refractivity (Wildman–Crippen MR) is 119 cm³/mol. The third-order valence-corrected chi connectivity index (χ3v) is 6.00. The minimum absolute atomic E-state index is 0.208. The summed E-state index contributed by atoms with van der Waals surface area (Å²) in [6.07, 6.45) is 3.80. The second-order valence-corrected chi connectivity index (χ2v) is 8.38. The van der Waals surface area contributed by atoms with Crippen molar-refractivity contribution in [2.75, 3.05) is 0 Å². The number of aryl methyl sites for hydroxylation is 1. The van der Waals surface area contributed by atoms with Gasteiger partial charge in [0.15, 0.2) is 11.5 Å². The monoisotopic (exact) mass is 434 g/mol. The molecule has 2 heterocycles. The zero-order valence-electron chi connectivity index (χ0n) is 17.1. The van der Waals surface area contributed by atoms with Gasteiger partial charge in [-0.2, -0.15) is 0 Å². The molecule has 156 valence electrons. The fraction of sp³-hybridized carbons (Fsp3) is 0.208. The summed E-state index contributed by atoms with van der Waals surface area (Å²) in [7, 11) is 0. The molecule has 1 amide bonds. The van der Waals surface area contributed by atoms with E-state index in [1.807, 2.05) is 47.9 Å². The highest BCUT2D eigenvalue weighted by molar-refractivity contribution is 6.33. The van der Waals surface area contributed by atoms with E-state index >= 15 is 0 Å². The molecule has 0 atom stereocenters. The van der Waals surface area contributed by atoms with Crippen LogP contribution < -0.4 is 5.32 Å². The van der Waals surface area contributed by atoms with Gasteiger partial charge in [-0.05, 0) is 79.3 Å². The molecule has 5 rings (SSSR count). The summed E-state index contributed by atoms with van der Waals surface area (Å²) in [4.78, 5) is 12.5. The number of halogens is 2. The molecule has 31 heavy (non-hydrogen) atoms. The molecule has 2 aromatic heterocycles. The van der Waals surface area contributed by atoms with E-state index in [2.05, 4.69) is 15.5 Å². The summed E-state index contributed by atoms with van der Waals surface area (Å²) < 4.78 is 16.5. The van der Waals surface area contributed by atoms with E-state index in [1.165, 1.54) is 6.07 Å². The molecular formula is C24H20ClFN4O. The first-order valence-corrected chi connectivity index (χ1v) is 10.5. The summed E-state index contributed by atoms with van der Waals surface area (Å²) >= 11 is 6.41. The SMILES string of the molecule is Cc1cccc(Cl)c1-c1nnc2cc(-c3cc(C(=O)NC4CC4)cc(F)c3C)ccn12. The van der Waals surface area contributed by atoms with Gasteiger partial charge in [0.2, 0.25) is 0 Å². The van der Waals surface area contributed by atoms with Crippen molar-refractivity contribution in [2.45, 2.75) is 32.7 Å². The number of carbonyl (C=O) groups is 1. The van der Waals surface area contributed by atoms with Crippen LogP contribution in [0.25, 0.3) is 28.2 Å². The van der Waals surface area contributed by atoms with Crippen molar-refractivity contribution in [3.63, 3.8) is 0 Å². The van der Waals surface area contributed by atoms with Crippen molar-refractivity contribution in [3.8, 4) is 22.5 Å². The number of benzene rings is 2. The van der Waals surface area contributed by atoms with Crippen LogP contribution >= 0.6 is 11.6 Å². The lowest BCUT2D eigenvalue weighted by atomic mass is 9.97. The van der Waals surface area contributed by atoms with E-state index in [0.29, 0.717) is 33.2 Å². The smallest absolute Gasteiger partial charge is 0.251 e. The Bertz CT molecular complexity index is 1320. The van der Waals surface area contributed by atoms with E-state index < -0.39 is 5.82 Å². The van der Waals surface area contributed by atoms with Crippen LogP contribution in [0.2, 0.25) is 5.02 Å². The minimum Gasteiger partial charge on any atom is -0.349 e. The summed E-state index contributed by atoms with van der Waals surface area (Å²) in [5.74, 6) is -0.0139. The van der Waals surface area contributed by atoms with Crippen molar-refractivity contribution in [2.24, 2.45) is 0 Å². The van der Waals surface area contributed by atoms with Gasteiger partial charge in [0.05, 0.1) is 5.02 Å². The van der Waals surface area contributed by atoms with Crippen molar-refractivity contribution >= 4 is 23.2 Å². The van der Waals surface area contributed by atoms with Gasteiger partial charge in [-0.3, -0.25) is 9.20 Å². The second kappa shape index (κ2) is 7.46. The Kier molecular flexibility index (Phi) is 4.74. The Morgan fingerprint density at radius 1 is 1.16 bits per heavy atom. The third-order valence-electron chi connectivity index (χ3n) is 5.69. The molecule has 0 saturated heterocycles. The van der Waals surface area contributed by atoms with Crippen LogP contribution in [0.5, 0.6) is 0 Å². The molecule has 5 nitrogen and oxygen atoms in total. The van der Waals surface area contributed by atoms with Gasteiger partial charge in [0, 0.05) is 23.4 Å². The Morgan fingerprint density at radius 2 is 1.97 bits per heavy atom. The first-order chi connectivity index (χ1) is 14.9. The average Bonchev–Trinajstić information content (AvgIpc) is 3.47. The normalized spacial score (nSPS) is 13.5. The summed E-state index contributed by atoms with van der Waals surface area (Å²) in [6, 6.07) is 12.6. The van der Waals surface area contributed by atoms with Crippen LogP contribution in [0.15, 0.2) is 48.7 Å². The molecule has 0 radical (unpaired) electrons. The number of carbonyl (C=O) groups excluding carboxylic acids is 1. The fourth-order valence-electron chi connectivity index (χ4n) is 3.75. The molecular weight excluding hydrogens is 415 g/mol. The van der Waals surface area contributed by atoms with E-state index in [4.69, 9.17) is 11.6 Å². The number of amides is 1. The number of nitrogens with one attached hydrogen (secondary N) is 1. The zero-order valence-corrected chi connectivity index (χ0v) is 17.9. The maximum absolute atomic E-state index is 14.6. The molecule has 4 aromatic rings. The van der Waals surface area contributed by atoms with Crippen molar-refractivity contribution in [3.05, 3.63) is 76.2 Å². The molecule has 0 aliphatic heterocycles. The van der Waals surface area contributed by atoms with Crippen LogP contribution in [-0.2, 0) is 0 Å². The summed E-state index contributed by atoms with van der Waals surface area (Å²) in [5.41, 5.74) is 4.65. The summed E-state index contributed by atoms with van der Waals surface area (Å²) in [5, 5.41) is 12.2. The highest BCUT2D eigenvalue weighted by Crippen LogP contribution is 2.32. The third kappa shape index (κ3) is 3.57. The number of hydrogen-bond donors (Lipinski definition) is 1. The lowest BCUT2D eigenvalue weighted by molar-refractivity contribution is 0.0950. The first-order valence-electron chi connectivity index (χ1n) is 10.1. The molecule has 2 aromatic carbocycles. The van der Waals surface area contributed by atoms with Gasteiger partial charge in [0.1, 0.15) is 5.82 Å². The van der Waals surface area contributed by atoms with Gasteiger partial charge >= 0.3 is 0 Å². The quantitative estimate of drug-likeness (QED) is 0.470. The lowest BCUT2D eigenvalue weighted by Crippen LogP contribution is -2.25. The first kappa shape index (κ1) is 19.7. The molecule has 0 unspecified atom stereocenters. The number of rotatable bonds is 4. The highest BCUT2D eigenvalue weighted by atomic mass is 35.5. The molecule has 0 spiro atoms. The maximum Gasteiger partial charge on any atom is 0.251 e. The van der Waals surface area contributed by atoms with Crippen LogP contribution in [0.4, 0.5) is 4.39 Å². The van der Waals surface area contributed by atoms with E-state index in [0.717, 1.165) is 29.5 Å². The van der Waals surface area contributed by atoms with Crippen molar-refractivity contribution in [1.82, 2.24) is 19.9 Å². The largest absolute Gasteiger partial charge is 0.349 e. The topological polar surface area (TPSA) is 59.3 Å². The van der Waals surface area contributed by atoms with Crippen molar-refractivity contribution < 1.29 is 9.18 Å². The molecule has 1 saturated carbocycles. The van der Waals surface area contributed by atoms with Crippen molar-refractivity contribution in [1.29, 1.82) is 0 Å². The molecule has 1 fully saturated rings. The van der Waals surface area contributed by atoms with Gasteiger partial charge in [0.25, 0.3) is 5.91 Å². The predicted octanol–water partition coefficient (Wildman–Crippen LogP) is 5.36. The molecule has 1 N–H and O–H groups in total. The number of fused-ring (bicyclic) bond motifs is 1. The molecule has 7 heteroatoms. The summed E-state index contributed by atoms with van der Waals surface area (Å²) in [6.45, 7) is 3.68. The van der Waals surface area contributed by atoms with E-state index in [1.54, 1.807) is 13.0 Å². The highest BCUT2D eigenvalue weighted by Gasteiger charge is 2.25. The molecule has 0 bridgehead atoms. The van der Waals surface area contributed by atoms with Crippen LogP contribution in [-0.4, -0.2) is 26.5 Å². The fourth-order valence-corrected chi connectivity index (χ4v) is 4.06. The zero-order chi connectivity index (χ0) is 21.7. The number of hydrogen-bond acceptors (Lipinski definition) is 3. The van der Waals surface area contributed by atoms with Gasteiger partial charge in [-0.1, -0.05) is 23.7 Å². The standard InChI is InChI=1S/C24H20ClFN4O/c1-13-4-3-5-19(25)22(13)23-29-28-21-12-15(8-9-30(21)23)18-10-16(11-20(26)14(18)2)24(31)27-17-6-7-17/h3-5,8-12,17H,6-7H2,1-2H3,(H,27,31). The lowest BCUT2D eigenvalue weighted by Gasteiger charge is -2.12. The van der Waals surface area contributed by atoms with E-state index in [-0.39, 0.29) is 11.9 Å². The van der Waals surface area contributed by atoms with E-state index in [9.17, 15) is 9.18 Å². The van der Waals surface area contributed by atoms with Crippen LogP contribution in [0, 0.1) is 19.7 Å². The van der Waals surface area contributed by atoms with Gasteiger partial charge < -0.3 is 5.32 Å². The molecule has 1 aliphatic rings. The van der Waals surface area contributed by atoms with Gasteiger partial charge in [-0.25, -0.2) is 4.39 Å².